The quantitative estimate of drug-likeness (QED) is 0.279. The van der Waals surface area contributed by atoms with Gasteiger partial charge in [0.05, 0.1) is 11.5 Å². The molecule has 0 aliphatic carbocycles. The maximum atomic E-state index is 11.5. The maximum Gasteiger partial charge on any atom is 0.191 e. The van der Waals surface area contributed by atoms with Crippen molar-refractivity contribution in [2.24, 2.45) is 10.9 Å². The molecule has 2 N–H and O–H groups in total. The molecule has 2 fully saturated rings. The fourth-order valence-corrected chi connectivity index (χ4v) is 4.97. The number of likely N-dealkylation sites (tertiary alicyclic amines) is 1. The molecule has 0 spiro atoms. The summed E-state index contributed by atoms with van der Waals surface area (Å²) >= 11 is 0. The van der Waals surface area contributed by atoms with Gasteiger partial charge in [0, 0.05) is 26.2 Å². The van der Waals surface area contributed by atoms with Crippen LogP contribution in [0, 0.1) is 5.92 Å². The first-order valence-electron chi connectivity index (χ1n) is 8.38. The van der Waals surface area contributed by atoms with E-state index in [1.54, 1.807) is 7.05 Å². The van der Waals surface area contributed by atoms with Crippen LogP contribution in [-0.4, -0.2) is 70.1 Å². The van der Waals surface area contributed by atoms with Crippen LogP contribution >= 0.6 is 24.0 Å². The van der Waals surface area contributed by atoms with E-state index in [4.69, 9.17) is 0 Å². The minimum absolute atomic E-state index is 0. The number of nitrogens with one attached hydrogen (secondary N) is 2. The molecule has 0 aromatic rings. The first-order valence-corrected chi connectivity index (χ1v) is 10.2. The molecular weight excluding hydrogens is 427 g/mol. The molecule has 0 aromatic heterocycles. The third-order valence-corrected chi connectivity index (χ3v) is 6.25. The Balaban J connectivity index is 0.00000264. The Morgan fingerprint density at radius 1 is 1.35 bits per heavy atom. The molecule has 0 bridgehead atoms. The summed E-state index contributed by atoms with van der Waals surface area (Å²) in [6, 6.07) is -0.000793. The molecule has 136 valence electrons. The summed E-state index contributed by atoms with van der Waals surface area (Å²) in [6.45, 7) is 6.74. The van der Waals surface area contributed by atoms with Crippen LogP contribution < -0.4 is 10.6 Å². The number of aliphatic imine (C=N–C) groups is 1. The van der Waals surface area contributed by atoms with Gasteiger partial charge in [-0.25, -0.2) is 8.42 Å². The van der Waals surface area contributed by atoms with Crippen molar-refractivity contribution in [3.05, 3.63) is 0 Å². The van der Waals surface area contributed by atoms with Gasteiger partial charge < -0.3 is 15.5 Å². The van der Waals surface area contributed by atoms with Crippen molar-refractivity contribution in [1.82, 2.24) is 15.5 Å². The number of halogens is 1. The van der Waals surface area contributed by atoms with Gasteiger partial charge in [-0.05, 0) is 44.7 Å². The second kappa shape index (κ2) is 10.0. The number of piperidine rings is 1. The molecule has 2 atom stereocenters. The van der Waals surface area contributed by atoms with Crippen LogP contribution in [0.3, 0.4) is 0 Å². The minimum atomic E-state index is -2.85. The number of hydrogen-bond donors (Lipinski definition) is 2. The van der Waals surface area contributed by atoms with Crippen LogP contribution in [0.5, 0.6) is 0 Å². The van der Waals surface area contributed by atoms with Crippen molar-refractivity contribution < 1.29 is 8.42 Å². The molecule has 2 unspecified atom stereocenters. The summed E-state index contributed by atoms with van der Waals surface area (Å²) in [7, 11) is -1.12. The molecule has 0 amide bonds. The Bertz CT molecular complexity index is 484. The van der Waals surface area contributed by atoms with E-state index >= 15 is 0 Å². The molecule has 0 aromatic carbocycles. The fourth-order valence-electron chi connectivity index (χ4n) is 3.30. The van der Waals surface area contributed by atoms with Gasteiger partial charge in [0.1, 0.15) is 0 Å². The van der Waals surface area contributed by atoms with Gasteiger partial charge in [-0.15, -0.1) is 24.0 Å². The number of rotatable bonds is 5. The first-order chi connectivity index (χ1) is 10.5. The lowest BCUT2D eigenvalue weighted by Gasteiger charge is -2.30. The summed E-state index contributed by atoms with van der Waals surface area (Å²) in [6.07, 6.45) is 4.43. The molecule has 2 rings (SSSR count). The highest BCUT2D eigenvalue weighted by Crippen LogP contribution is 2.15. The minimum Gasteiger partial charge on any atom is -0.356 e. The average molecular weight is 458 g/mol. The Hall–Kier alpha value is -0.0900. The van der Waals surface area contributed by atoms with E-state index in [0.717, 1.165) is 25.4 Å². The summed E-state index contributed by atoms with van der Waals surface area (Å²) in [5, 5.41) is 6.50. The average Bonchev–Trinajstić information content (AvgIpc) is 2.81. The molecular formula is C15H31IN4O2S. The zero-order valence-corrected chi connectivity index (χ0v) is 17.4. The van der Waals surface area contributed by atoms with Crippen LogP contribution in [0.2, 0.25) is 0 Å². The molecule has 23 heavy (non-hydrogen) atoms. The smallest absolute Gasteiger partial charge is 0.191 e. The van der Waals surface area contributed by atoms with E-state index in [-0.39, 0.29) is 41.5 Å². The Labute approximate surface area is 157 Å². The molecule has 0 radical (unpaired) electrons. The highest BCUT2D eigenvalue weighted by atomic mass is 127. The topological polar surface area (TPSA) is 73.8 Å². The van der Waals surface area contributed by atoms with Crippen LogP contribution in [0.1, 0.15) is 32.6 Å². The first kappa shape index (κ1) is 21.0. The van der Waals surface area contributed by atoms with Gasteiger partial charge in [0.2, 0.25) is 0 Å². The summed E-state index contributed by atoms with van der Waals surface area (Å²) in [5.74, 6) is 2.04. The molecule has 8 heteroatoms. The van der Waals surface area contributed by atoms with Gasteiger partial charge in [0.25, 0.3) is 0 Å². The molecule has 2 aliphatic heterocycles. The molecule has 2 heterocycles. The lowest BCUT2D eigenvalue weighted by molar-refractivity contribution is 0.182. The number of guanidine groups is 1. The monoisotopic (exact) mass is 458 g/mol. The predicted molar refractivity (Wildman–Crippen MR) is 106 cm³/mol. The fraction of sp³-hybridized carbons (Fsp3) is 0.933. The summed E-state index contributed by atoms with van der Waals surface area (Å²) < 4.78 is 22.9. The van der Waals surface area contributed by atoms with E-state index in [1.165, 1.54) is 25.9 Å². The van der Waals surface area contributed by atoms with Crippen molar-refractivity contribution in [3.63, 3.8) is 0 Å². The van der Waals surface area contributed by atoms with E-state index in [9.17, 15) is 8.42 Å². The maximum absolute atomic E-state index is 11.5. The Morgan fingerprint density at radius 2 is 2.13 bits per heavy atom. The second-order valence-electron chi connectivity index (χ2n) is 6.64. The van der Waals surface area contributed by atoms with E-state index in [2.05, 4.69) is 27.4 Å². The normalized spacial score (nSPS) is 28.2. The van der Waals surface area contributed by atoms with Crippen molar-refractivity contribution in [1.29, 1.82) is 0 Å². The highest BCUT2D eigenvalue weighted by molar-refractivity contribution is 14.0. The third kappa shape index (κ3) is 7.55. The van der Waals surface area contributed by atoms with Crippen molar-refractivity contribution >= 4 is 39.8 Å². The predicted octanol–water partition coefficient (Wildman–Crippen LogP) is 1.08. The molecule has 2 aliphatic rings. The van der Waals surface area contributed by atoms with E-state index in [0.29, 0.717) is 12.4 Å². The van der Waals surface area contributed by atoms with Crippen LogP contribution in [0.4, 0.5) is 0 Å². The Morgan fingerprint density at radius 3 is 2.74 bits per heavy atom. The van der Waals surface area contributed by atoms with Gasteiger partial charge in [-0.2, -0.15) is 0 Å². The second-order valence-corrected chi connectivity index (χ2v) is 8.87. The lowest BCUT2D eigenvalue weighted by Crippen LogP contribution is -2.45. The third-order valence-electron chi connectivity index (χ3n) is 4.48. The highest BCUT2D eigenvalue weighted by Gasteiger charge is 2.28. The summed E-state index contributed by atoms with van der Waals surface area (Å²) in [5.41, 5.74) is 0. The lowest BCUT2D eigenvalue weighted by atomic mass is 10.0. The van der Waals surface area contributed by atoms with Crippen LogP contribution in [-0.2, 0) is 9.84 Å². The molecule has 6 nitrogen and oxygen atoms in total. The molecule has 0 saturated carbocycles. The van der Waals surface area contributed by atoms with E-state index < -0.39 is 9.84 Å². The number of nitrogens with zero attached hydrogens (tertiary/aromatic N) is 2. The van der Waals surface area contributed by atoms with Gasteiger partial charge in [-0.3, -0.25) is 4.99 Å². The Kier molecular flexibility index (Phi) is 9.13. The van der Waals surface area contributed by atoms with Crippen LogP contribution in [0.25, 0.3) is 0 Å². The van der Waals surface area contributed by atoms with Crippen molar-refractivity contribution in [2.45, 2.75) is 38.6 Å². The summed E-state index contributed by atoms with van der Waals surface area (Å²) in [4.78, 5) is 6.72. The van der Waals surface area contributed by atoms with E-state index in [1.807, 2.05) is 0 Å². The zero-order chi connectivity index (χ0) is 16.0. The standard InChI is InChI=1S/C15H30N4O2S.HI/c1-13-5-3-8-19(11-13)9-4-7-17-15(16-2)18-14-6-10-22(20,21)12-14;/h13-14H,3-12H2,1-2H3,(H2,16,17,18);1H. The van der Waals surface area contributed by atoms with Crippen LogP contribution in [0.15, 0.2) is 4.99 Å². The van der Waals surface area contributed by atoms with Gasteiger partial charge >= 0.3 is 0 Å². The van der Waals surface area contributed by atoms with Crippen molar-refractivity contribution in [2.75, 3.05) is 44.7 Å². The van der Waals surface area contributed by atoms with Crippen molar-refractivity contribution in [3.8, 4) is 0 Å². The number of hydrogen-bond acceptors (Lipinski definition) is 4. The van der Waals surface area contributed by atoms with Gasteiger partial charge in [0.15, 0.2) is 15.8 Å². The largest absolute Gasteiger partial charge is 0.356 e. The zero-order valence-electron chi connectivity index (χ0n) is 14.3. The molecule has 2 saturated heterocycles. The van der Waals surface area contributed by atoms with Gasteiger partial charge in [-0.1, -0.05) is 6.92 Å². The SMILES string of the molecule is CN=C(NCCCN1CCCC(C)C1)NC1CCS(=O)(=O)C1.I. The number of sulfone groups is 1.